The molecule has 4 rings (SSSR count). The van der Waals surface area contributed by atoms with Gasteiger partial charge < -0.3 is 20.7 Å². The quantitative estimate of drug-likeness (QED) is 0.473. The number of rotatable bonds is 4. The molecule has 0 spiro atoms. The smallest absolute Gasteiger partial charge is 0.226 e. The van der Waals surface area contributed by atoms with Crippen molar-refractivity contribution in [1.82, 2.24) is 21.3 Å². The minimum Gasteiger partial charge on any atom is -0.381 e. The van der Waals surface area contributed by atoms with Crippen molar-refractivity contribution in [3.05, 3.63) is 0 Å². The number of thioether (sulfide) groups is 1. The number of halogens is 1. The van der Waals surface area contributed by atoms with Crippen molar-refractivity contribution >= 4 is 33.6 Å². The predicted octanol–water partition coefficient (Wildman–Crippen LogP) is 1.26. The highest BCUT2D eigenvalue weighted by Gasteiger charge is 2.49. The summed E-state index contributed by atoms with van der Waals surface area (Å²) in [4.78, 5) is 13.0. The SMILES string of the molecule is COC1CCC2NC(C)C(C3CSC(NC(=O)C4CNCC(Br)C4)N3)C2C1. The third-order valence-corrected chi connectivity index (χ3v) is 8.78. The Labute approximate surface area is 175 Å². The predicted molar refractivity (Wildman–Crippen MR) is 113 cm³/mol. The van der Waals surface area contributed by atoms with E-state index in [1.54, 1.807) is 0 Å². The molecule has 6 nitrogen and oxygen atoms in total. The average molecular weight is 461 g/mol. The zero-order valence-electron chi connectivity index (χ0n) is 16.2. The Hall–Kier alpha value is 0.140. The highest BCUT2D eigenvalue weighted by molar-refractivity contribution is 9.09. The lowest BCUT2D eigenvalue weighted by Crippen LogP contribution is -2.51. The van der Waals surface area contributed by atoms with Crippen LogP contribution in [0.5, 0.6) is 0 Å². The number of ether oxygens (including phenoxy) is 1. The summed E-state index contributed by atoms with van der Waals surface area (Å²) >= 11 is 5.48. The van der Waals surface area contributed by atoms with Gasteiger partial charge in [-0.1, -0.05) is 15.9 Å². The highest BCUT2D eigenvalue weighted by atomic mass is 79.9. The maximum Gasteiger partial charge on any atom is 0.226 e. The molecular formula is C19H33BrN4O2S. The second-order valence-corrected chi connectivity index (χ2v) is 11.1. The van der Waals surface area contributed by atoms with Crippen LogP contribution >= 0.6 is 27.7 Å². The third-order valence-electron chi connectivity index (χ3n) is 6.95. The van der Waals surface area contributed by atoms with Gasteiger partial charge in [0.15, 0.2) is 0 Å². The first-order valence-electron chi connectivity index (χ1n) is 10.4. The molecule has 8 heteroatoms. The summed E-state index contributed by atoms with van der Waals surface area (Å²) in [5, 5.41) is 14.1. The normalized spacial score (nSPS) is 47.6. The molecule has 1 saturated carbocycles. The van der Waals surface area contributed by atoms with E-state index in [1.165, 1.54) is 12.8 Å². The lowest BCUT2D eigenvalue weighted by atomic mass is 9.74. The van der Waals surface area contributed by atoms with E-state index in [-0.39, 0.29) is 17.3 Å². The molecule has 9 atom stereocenters. The number of carbonyl (C=O) groups is 1. The second kappa shape index (κ2) is 8.88. The fraction of sp³-hybridized carbons (Fsp3) is 0.947. The van der Waals surface area contributed by atoms with Crippen molar-refractivity contribution < 1.29 is 9.53 Å². The summed E-state index contributed by atoms with van der Waals surface area (Å²) in [7, 11) is 1.85. The van der Waals surface area contributed by atoms with E-state index in [0.29, 0.717) is 40.9 Å². The van der Waals surface area contributed by atoms with E-state index in [1.807, 2.05) is 18.9 Å². The van der Waals surface area contributed by atoms with E-state index in [0.717, 1.165) is 31.7 Å². The molecule has 4 fully saturated rings. The van der Waals surface area contributed by atoms with E-state index >= 15 is 0 Å². The minimum absolute atomic E-state index is 0.0336. The Kier molecular flexibility index (Phi) is 6.71. The second-order valence-electron chi connectivity index (χ2n) is 8.66. The molecule has 3 saturated heterocycles. The first-order chi connectivity index (χ1) is 13.0. The molecule has 0 aromatic heterocycles. The van der Waals surface area contributed by atoms with Gasteiger partial charge in [0.2, 0.25) is 5.91 Å². The lowest BCUT2D eigenvalue weighted by molar-refractivity contribution is -0.125. The number of amides is 1. The largest absolute Gasteiger partial charge is 0.381 e. The molecule has 0 bridgehead atoms. The molecule has 154 valence electrons. The first kappa shape index (κ1) is 20.4. The lowest BCUT2D eigenvalue weighted by Gasteiger charge is -2.35. The van der Waals surface area contributed by atoms with Gasteiger partial charge in [0.05, 0.1) is 12.0 Å². The van der Waals surface area contributed by atoms with Crippen LogP contribution in [0, 0.1) is 17.8 Å². The molecule has 9 unspecified atom stereocenters. The minimum atomic E-state index is 0.0336. The number of fused-ring (bicyclic) bond motifs is 1. The number of nitrogens with one attached hydrogen (secondary N) is 4. The van der Waals surface area contributed by atoms with E-state index < -0.39 is 0 Å². The molecule has 3 aliphatic heterocycles. The van der Waals surface area contributed by atoms with Gasteiger partial charge >= 0.3 is 0 Å². The number of hydrogen-bond donors (Lipinski definition) is 4. The fourth-order valence-electron chi connectivity index (χ4n) is 5.61. The number of carbonyl (C=O) groups excluding carboxylic acids is 1. The zero-order chi connectivity index (χ0) is 19.0. The summed E-state index contributed by atoms with van der Waals surface area (Å²) in [6, 6.07) is 1.59. The zero-order valence-corrected chi connectivity index (χ0v) is 18.7. The van der Waals surface area contributed by atoms with Crippen LogP contribution in [-0.4, -0.2) is 66.4 Å². The maximum atomic E-state index is 12.6. The molecular weight excluding hydrogens is 428 g/mol. The highest BCUT2D eigenvalue weighted by Crippen LogP contribution is 2.42. The topological polar surface area (TPSA) is 74.4 Å². The van der Waals surface area contributed by atoms with E-state index in [4.69, 9.17) is 4.74 Å². The number of piperidine rings is 1. The Bertz CT molecular complexity index is 542. The van der Waals surface area contributed by atoms with Crippen LogP contribution in [0.4, 0.5) is 0 Å². The molecule has 1 amide bonds. The summed E-state index contributed by atoms with van der Waals surface area (Å²) in [5.41, 5.74) is 0.0336. The summed E-state index contributed by atoms with van der Waals surface area (Å²) in [6.07, 6.45) is 4.85. The van der Waals surface area contributed by atoms with Gasteiger partial charge in [-0.25, -0.2) is 0 Å². The monoisotopic (exact) mass is 460 g/mol. The summed E-state index contributed by atoms with van der Waals surface area (Å²) in [5.74, 6) is 2.56. The van der Waals surface area contributed by atoms with Crippen molar-refractivity contribution in [3.63, 3.8) is 0 Å². The summed E-state index contributed by atoms with van der Waals surface area (Å²) in [6.45, 7) is 4.05. The molecule has 27 heavy (non-hydrogen) atoms. The van der Waals surface area contributed by atoms with Gasteiger partial charge in [0.1, 0.15) is 5.50 Å². The van der Waals surface area contributed by atoms with Gasteiger partial charge in [-0.15, -0.1) is 11.8 Å². The van der Waals surface area contributed by atoms with Crippen LogP contribution in [0.15, 0.2) is 0 Å². The maximum absolute atomic E-state index is 12.6. The van der Waals surface area contributed by atoms with E-state index in [9.17, 15) is 4.79 Å². The number of hydrogen-bond acceptors (Lipinski definition) is 6. The molecule has 0 radical (unpaired) electrons. The van der Waals surface area contributed by atoms with Gasteiger partial charge in [-0.2, -0.15) is 0 Å². The Morgan fingerprint density at radius 1 is 1.19 bits per heavy atom. The molecule has 1 aliphatic carbocycles. The average Bonchev–Trinajstić information content (AvgIpc) is 3.23. The van der Waals surface area contributed by atoms with Gasteiger partial charge in [-0.05, 0) is 44.4 Å². The molecule has 4 aliphatic rings. The summed E-state index contributed by atoms with van der Waals surface area (Å²) < 4.78 is 5.67. The Balaban J connectivity index is 1.32. The van der Waals surface area contributed by atoms with Crippen molar-refractivity contribution in [1.29, 1.82) is 0 Å². The van der Waals surface area contributed by atoms with Crippen LogP contribution in [0.2, 0.25) is 0 Å². The first-order valence-corrected chi connectivity index (χ1v) is 12.3. The van der Waals surface area contributed by atoms with Gasteiger partial charge in [0.25, 0.3) is 0 Å². The number of alkyl halides is 1. The van der Waals surface area contributed by atoms with Gasteiger partial charge in [-0.3, -0.25) is 10.1 Å². The van der Waals surface area contributed by atoms with Crippen molar-refractivity contribution in [2.75, 3.05) is 26.0 Å². The van der Waals surface area contributed by atoms with Crippen molar-refractivity contribution in [3.8, 4) is 0 Å². The third kappa shape index (κ3) is 4.51. The van der Waals surface area contributed by atoms with Crippen LogP contribution < -0.4 is 21.3 Å². The van der Waals surface area contributed by atoms with Crippen LogP contribution in [-0.2, 0) is 9.53 Å². The fourth-order valence-corrected chi connectivity index (χ4v) is 7.48. The van der Waals surface area contributed by atoms with Crippen molar-refractivity contribution in [2.45, 2.75) is 67.2 Å². The molecule has 0 aromatic rings. The van der Waals surface area contributed by atoms with Crippen molar-refractivity contribution in [2.24, 2.45) is 17.8 Å². The van der Waals surface area contributed by atoms with Crippen LogP contribution in [0.3, 0.4) is 0 Å². The van der Waals surface area contributed by atoms with E-state index in [2.05, 4.69) is 44.1 Å². The molecule has 0 aromatic carbocycles. The Morgan fingerprint density at radius 3 is 2.81 bits per heavy atom. The standard InChI is InChI=1S/C19H33BrN4O2S/c1-10-17(14-6-13(26-2)3-4-15(14)22-10)16-9-27-19(23-16)24-18(25)11-5-12(20)8-21-7-11/h10-17,19,21-23H,3-9H2,1-2H3,(H,24,25). The molecule has 4 N–H and O–H groups in total. The van der Waals surface area contributed by atoms with Gasteiger partial charge in [0, 0.05) is 48.9 Å². The number of methoxy groups -OCH3 is 1. The van der Waals surface area contributed by atoms with Crippen LogP contribution in [0.25, 0.3) is 0 Å². The molecule has 3 heterocycles. The Morgan fingerprint density at radius 2 is 2.04 bits per heavy atom. The van der Waals surface area contributed by atoms with Crippen LogP contribution in [0.1, 0.15) is 32.6 Å².